The van der Waals surface area contributed by atoms with Crippen LogP contribution in [0, 0.1) is 0 Å². The van der Waals surface area contributed by atoms with Crippen LogP contribution in [0.1, 0.15) is 40.5 Å². The van der Waals surface area contributed by atoms with Crippen LogP contribution in [0.25, 0.3) is 0 Å². The van der Waals surface area contributed by atoms with Gasteiger partial charge in [0.1, 0.15) is 5.78 Å². The van der Waals surface area contributed by atoms with Crippen LogP contribution < -0.4 is 0 Å². The van der Waals surface area contributed by atoms with E-state index in [0.29, 0.717) is 0 Å². The van der Waals surface area contributed by atoms with Gasteiger partial charge in [-0.2, -0.15) is 0 Å². The summed E-state index contributed by atoms with van der Waals surface area (Å²) in [5, 5.41) is 0. The lowest BCUT2D eigenvalue weighted by atomic mass is 10.2. The van der Waals surface area contributed by atoms with Crippen LogP contribution in [-0.2, 0) is 32.0 Å². The molecule has 0 heterocycles. The highest BCUT2D eigenvalue weighted by Gasteiger charge is 2.27. The van der Waals surface area contributed by atoms with Crippen LogP contribution in [0.2, 0.25) is 0 Å². The molecule has 0 aliphatic heterocycles. The molecule has 0 aliphatic carbocycles. The smallest absolute Gasteiger partial charge is 0.309 e. The zero-order valence-electron chi connectivity index (χ0n) is 13.9. The molecular formula is C13H28O7P2. The maximum atomic E-state index is 12.2. The minimum Gasteiger partial charge on any atom is -0.309 e. The van der Waals surface area contributed by atoms with E-state index >= 15 is 0 Å². The van der Waals surface area contributed by atoms with E-state index in [1.54, 1.807) is 27.7 Å². The molecule has 9 heteroatoms. The van der Waals surface area contributed by atoms with Crippen molar-refractivity contribution in [2.24, 2.45) is 0 Å². The third kappa shape index (κ3) is 9.19. The maximum absolute atomic E-state index is 12.2. The van der Waals surface area contributed by atoms with Crippen molar-refractivity contribution in [3.8, 4) is 0 Å². The van der Waals surface area contributed by atoms with E-state index in [4.69, 9.17) is 18.1 Å². The zero-order chi connectivity index (χ0) is 17.1. The summed E-state index contributed by atoms with van der Waals surface area (Å²) < 4.78 is 44.9. The van der Waals surface area contributed by atoms with E-state index < -0.39 is 15.2 Å². The van der Waals surface area contributed by atoms with Crippen molar-refractivity contribution in [2.75, 3.05) is 38.8 Å². The number of rotatable bonds is 14. The molecule has 0 spiro atoms. The highest BCUT2D eigenvalue weighted by molar-refractivity contribution is 7.54. The van der Waals surface area contributed by atoms with E-state index in [-0.39, 0.29) is 57.4 Å². The molecule has 0 radical (unpaired) electrons. The quantitative estimate of drug-likeness (QED) is 0.436. The summed E-state index contributed by atoms with van der Waals surface area (Å²) in [4.78, 5) is 11.9. The molecule has 0 N–H and O–H groups in total. The predicted molar refractivity (Wildman–Crippen MR) is 85.7 cm³/mol. The van der Waals surface area contributed by atoms with Crippen molar-refractivity contribution in [1.82, 2.24) is 0 Å². The van der Waals surface area contributed by atoms with Crippen LogP contribution in [0.5, 0.6) is 0 Å². The van der Waals surface area contributed by atoms with E-state index in [1.807, 2.05) is 0 Å². The largest absolute Gasteiger partial charge is 0.331 e. The van der Waals surface area contributed by atoms with Crippen molar-refractivity contribution in [3.05, 3.63) is 0 Å². The van der Waals surface area contributed by atoms with Crippen LogP contribution in [0.15, 0.2) is 0 Å². The van der Waals surface area contributed by atoms with Gasteiger partial charge in [0.05, 0.1) is 38.8 Å². The Morgan fingerprint density at radius 2 is 0.955 bits per heavy atom. The molecule has 22 heavy (non-hydrogen) atoms. The van der Waals surface area contributed by atoms with Gasteiger partial charge in [0, 0.05) is 12.8 Å². The maximum Gasteiger partial charge on any atom is 0.331 e. The molecule has 0 atom stereocenters. The summed E-state index contributed by atoms with van der Waals surface area (Å²) in [7, 11) is -6.43. The first-order chi connectivity index (χ1) is 10.3. The van der Waals surface area contributed by atoms with Crippen molar-refractivity contribution >= 4 is 21.0 Å². The molecule has 0 unspecified atom stereocenters. The first-order valence-electron chi connectivity index (χ1n) is 7.62. The summed E-state index contributed by atoms with van der Waals surface area (Å²) in [6, 6.07) is 0. The normalized spacial score (nSPS) is 12.5. The predicted octanol–water partition coefficient (Wildman–Crippen LogP) is 3.87. The summed E-state index contributed by atoms with van der Waals surface area (Å²) in [5.41, 5.74) is 0. The Bertz CT molecular complexity index is 355. The van der Waals surface area contributed by atoms with Crippen molar-refractivity contribution in [1.29, 1.82) is 0 Å². The molecule has 0 aromatic rings. The Kier molecular flexibility index (Phi) is 11.5. The van der Waals surface area contributed by atoms with Gasteiger partial charge in [-0.25, -0.2) is 0 Å². The Labute approximate surface area is 133 Å². The van der Waals surface area contributed by atoms with E-state index in [1.165, 1.54) is 0 Å². The monoisotopic (exact) mass is 358 g/mol. The lowest BCUT2D eigenvalue weighted by molar-refractivity contribution is -0.118. The van der Waals surface area contributed by atoms with E-state index in [9.17, 15) is 13.9 Å². The topological polar surface area (TPSA) is 88.1 Å². The zero-order valence-corrected chi connectivity index (χ0v) is 15.7. The molecule has 132 valence electrons. The lowest BCUT2D eigenvalue weighted by Gasteiger charge is -2.18. The van der Waals surface area contributed by atoms with Crippen LogP contribution in [-0.4, -0.2) is 44.5 Å². The third-order valence-corrected chi connectivity index (χ3v) is 6.78. The minimum absolute atomic E-state index is 0.0289. The number of carbonyl (C=O) groups excluding carboxylic acids is 1. The first kappa shape index (κ1) is 22.0. The summed E-state index contributed by atoms with van der Waals surface area (Å²) in [5.74, 6) is -0.167. The summed E-state index contributed by atoms with van der Waals surface area (Å²) in [6.07, 6.45) is 0.160. The van der Waals surface area contributed by atoms with Crippen molar-refractivity contribution in [2.45, 2.75) is 40.5 Å². The van der Waals surface area contributed by atoms with Gasteiger partial charge >= 0.3 is 15.2 Å². The molecule has 0 rings (SSSR count). The van der Waals surface area contributed by atoms with Gasteiger partial charge in [-0.15, -0.1) is 0 Å². The molecule has 0 saturated carbocycles. The Balaban J connectivity index is 4.38. The Morgan fingerprint density at radius 3 is 1.18 bits per heavy atom. The molecular weight excluding hydrogens is 330 g/mol. The van der Waals surface area contributed by atoms with Crippen LogP contribution >= 0.6 is 15.2 Å². The highest BCUT2D eigenvalue weighted by Crippen LogP contribution is 2.50. The van der Waals surface area contributed by atoms with Gasteiger partial charge in [0.2, 0.25) is 0 Å². The number of carbonyl (C=O) groups is 1. The van der Waals surface area contributed by atoms with Gasteiger partial charge in [0.15, 0.2) is 0 Å². The Hall–Kier alpha value is -0.0300. The molecule has 0 amide bonds. The average molecular weight is 358 g/mol. The fourth-order valence-corrected chi connectivity index (χ4v) is 5.05. The highest BCUT2D eigenvalue weighted by atomic mass is 31.2. The standard InChI is InChI=1S/C13H28O7P2/c1-5-17-21(15,18-6-2)11-9-13(14)10-12-22(16,19-7-3)20-8-4/h5-12H2,1-4H3. The second-order valence-corrected chi connectivity index (χ2v) is 8.75. The first-order valence-corrected chi connectivity index (χ1v) is 11.1. The molecule has 0 fully saturated rings. The lowest BCUT2D eigenvalue weighted by Crippen LogP contribution is -2.09. The molecule has 0 bridgehead atoms. The Morgan fingerprint density at radius 1 is 0.682 bits per heavy atom. The third-order valence-electron chi connectivity index (χ3n) is 2.63. The minimum atomic E-state index is -3.22. The van der Waals surface area contributed by atoms with Crippen molar-refractivity contribution < 1.29 is 32.0 Å². The molecule has 0 saturated heterocycles. The van der Waals surface area contributed by atoms with Crippen LogP contribution in [0.4, 0.5) is 0 Å². The van der Waals surface area contributed by atoms with Crippen LogP contribution in [0.3, 0.4) is 0 Å². The van der Waals surface area contributed by atoms with Gasteiger partial charge in [-0.1, -0.05) is 0 Å². The number of Topliss-reactive ketones (excluding diaryl/α,β-unsaturated/α-hetero) is 1. The average Bonchev–Trinajstić information content (AvgIpc) is 2.44. The number of ketones is 1. The second-order valence-electron chi connectivity index (χ2n) is 4.38. The summed E-state index contributed by atoms with van der Waals surface area (Å²) >= 11 is 0. The fourth-order valence-electron chi connectivity index (χ4n) is 1.77. The second kappa shape index (κ2) is 11.5. The molecule has 0 aromatic carbocycles. The summed E-state index contributed by atoms with van der Waals surface area (Å²) in [6.45, 7) is 7.90. The molecule has 0 aliphatic rings. The van der Waals surface area contributed by atoms with E-state index in [0.717, 1.165) is 0 Å². The van der Waals surface area contributed by atoms with Gasteiger partial charge in [-0.3, -0.25) is 13.9 Å². The van der Waals surface area contributed by atoms with Gasteiger partial charge in [0.25, 0.3) is 0 Å². The van der Waals surface area contributed by atoms with E-state index in [2.05, 4.69) is 0 Å². The van der Waals surface area contributed by atoms with Crippen molar-refractivity contribution in [3.63, 3.8) is 0 Å². The van der Waals surface area contributed by atoms with Gasteiger partial charge in [-0.05, 0) is 27.7 Å². The SMILES string of the molecule is CCOP(=O)(CCC(=O)CCP(=O)(OCC)OCC)OCC. The fraction of sp³-hybridized carbons (Fsp3) is 0.923. The van der Waals surface area contributed by atoms with Gasteiger partial charge < -0.3 is 18.1 Å². The molecule has 7 nitrogen and oxygen atoms in total. The number of hydrogen-bond donors (Lipinski definition) is 0. The number of hydrogen-bond acceptors (Lipinski definition) is 7. The molecule has 0 aromatic heterocycles.